The second-order valence-electron chi connectivity index (χ2n) is 8.69. The predicted molar refractivity (Wildman–Crippen MR) is 130 cm³/mol. The van der Waals surface area contributed by atoms with Crippen molar-refractivity contribution in [2.24, 2.45) is 0 Å². The van der Waals surface area contributed by atoms with E-state index in [1.807, 2.05) is 12.1 Å². The number of aromatic hydroxyl groups is 1. The number of benzene rings is 3. The molecule has 1 aliphatic heterocycles. The maximum absolute atomic E-state index is 14.1. The van der Waals surface area contributed by atoms with Crippen LogP contribution in [0.15, 0.2) is 60.7 Å². The zero-order valence-electron chi connectivity index (χ0n) is 19.1. The minimum Gasteiger partial charge on any atom is -0.508 e. The lowest BCUT2D eigenvalue weighted by Crippen LogP contribution is -2.16. The number of halogens is 1. The Morgan fingerprint density at radius 2 is 1.77 bits per heavy atom. The molecule has 7 heteroatoms. The van der Waals surface area contributed by atoms with Gasteiger partial charge in [-0.25, -0.2) is 14.2 Å². The normalized spacial score (nSPS) is 14.2. The van der Waals surface area contributed by atoms with Crippen LogP contribution >= 0.6 is 0 Å². The molecule has 1 aromatic heterocycles. The van der Waals surface area contributed by atoms with E-state index >= 15 is 0 Å². The first-order chi connectivity index (χ1) is 16.9. The molecule has 0 spiro atoms. The number of hydrogen-bond acceptors (Lipinski definition) is 5. The van der Waals surface area contributed by atoms with E-state index in [2.05, 4.69) is 0 Å². The molecule has 3 aromatic carbocycles. The number of carboxylic acid groups (broad SMARTS) is 1. The molecule has 2 heterocycles. The second-order valence-corrected chi connectivity index (χ2v) is 8.69. The average Bonchev–Trinajstić information content (AvgIpc) is 2.86. The molecule has 0 unspecified atom stereocenters. The van der Waals surface area contributed by atoms with Gasteiger partial charge in [-0.3, -0.25) is 0 Å². The van der Waals surface area contributed by atoms with Crippen molar-refractivity contribution in [2.45, 2.75) is 25.7 Å². The fourth-order valence-electron chi connectivity index (χ4n) is 4.52. The summed E-state index contributed by atoms with van der Waals surface area (Å²) in [5.41, 5.74) is 3.23. The summed E-state index contributed by atoms with van der Waals surface area (Å²) in [7, 11) is 0. The van der Waals surface area contributed by atoms with E-state index in [0.29, 0.717) is 35.8 Å². The Hall–Kier alpha value is -3.97. The SMILES string of the molecule is Cc1cc(-c2c(C3CCOCC3)nc(Oc3ccc(C(=O)O)cc3)c3cc(O)ccc23)ccc1F. The molecule has 1 saturated heterocycles. The summed E-state index contributed by atoms with van der Waals surface area (Å²) < 4.78 is 25.8. The third-order valence-corrected chi connectivity index (χ3v) is 6.35. The van der Waals surface area contributed by atoms with Crippen molar-refractivity contribution in [2.75, 3.05) is 13.2 Å². The monoisotopic (exact) mass is 473 g/mol. The molecular weight excluding hydrogens is 449 g/mol. The number of aryl methyl sites for hydroxylation is 1. The summed E-state index contributed by atoms with van der Waals surface area (Å²) in [6, 6.07) is 16.1. The van der Waals surface area contributed by atoms with Gasteiger partial charge in [0, 0.05) is 30.1 Å². The summed E-state index contributed by atoms with van der Waals surface area (Å²) in [6.45, 7) is 2.97. The fraction of sp³-hybridized carbons (Fsp3) is 0.214. The number of phenolic OH excluding ortho intramolecular Hbond substituents is 1. The van der Waals surface area contributed by atoms with Gasteiger partial charge in [0.05, 0.1) is 11.3 Å². The van der Waals surface area contributed by atoms with Crippen LogP contribution in [-0.4, -0.2) is 34.4 Å². The highest BCUT2D eigenvalue weighted by Crippen LogP contribution is 2.43. The standard InChI is InChI=1S/C28H24FNO5/c1-16-14-19(4-9-24(16)29)25-22-8-5-20(31)15-23(22)27(30-26(25)17-10-12-34-13-11-17)35-21-6-2-18(3-7-21)28(32)33/h2-9,14-15,17,31H,10-13H2,1H3,(H,32,33). The van der Waals surface area contributed by atoms with E-state index in [9.17, 15) is 19.4 Å². The smallest absolute Gasteiger partial charge is 0.335 e. The molecule has 4 aromatic rings. The average molecular weight is 474 g/mol. The quantitative estimate of drug-likeness (QED) is 0.347. The van der Waals surface area contributed by atoms with E-state index < -0.39 is 5.97 Å². The lowest BCUT2D eigenvalue weighted by Gasteiger charge is -2.26. The Morgan fingerprint density at radius 3 is 2.46 bits per heavy atom. The van der Waals surface area contributed by atoms with Crippen molar-refractivity contribution >= 4 is 16.7 Å². The molecule has 0 aliphatic carbocycles. The van der Waals surface area contributed by atoms with Crippen LogP contribution < -0.4 is 4.74 Å². The van der Waals surface area contributed by atoms with Gasteiger partial charge in [0.15, 0.2) is 0 Å². The molecule has 1 fully saturated rings. The van der Waals surface area contributed by atoms with Crippen molar-refractivity contribution in [3.05, 3.63) is 83.3 Å². The number of carbonyl (C=O) groups is 1. The van der Waals surface area contributed by atoms with Crippen LogP contribution in [0.5, 0.6) is 17.4 Å². The first kappa shape index (κ1) is 22.8. The lowest BCUT2D eigenvalue weighted by atomic mass is 9.87. The zero-order chi connectivity index (χ0) is 24.5. The number of aromatic carboxylic acids is 1. The van der Waals surface area contributed by atoms with Crippen LogP contribution in [0.4, 0.5) is 4.39 Å². The van der Waals surface area contributed by atoms with Crippen LogP contribution in [0.1, 0.15) is 40.4 Å². The van der Waals surface area contributed by atoms with E-state index in [-0.39, 0.29) is 23.0 Å². The van der Waals surface area contributed by atoms with Crippen molar-refractivity contribution in [1.29, 1.82) is 0 Å². The Labute approximate surface area is 201 Å². The number of aromatic nitrogens is 1. The molecule has 5 rings (SSSR count). The molecule has 2 N–H and O–H groups in total. The van der Waals surface area contributed by atoms with Gasteiger partial charge in [0.25, 0.3) is 0 Å². The third-order valence-electron chi connectivity index (χ3n) is 6.35. The molecule has 6 nitrogen and oxygen atoms in total. The number of hydrogen-bond donors (Lipinski definition) is 2. The van der Waals surface area contributed by atoms with E-state index in [1.165, 1.54) is 18.2 Å². The number of pyridine rings is 1. The van der Waals surface area contributed by atoms with Gasteiger partial charge in [0.1, 0.15) is 17.3 Å². The van der Waals surface area contributed by atoms with Gasteiger partial charge in [-0.05, 0) is 90.9 Å². The number of rotatable bonds is 5. The van der Waals surface area contributed by atoms with Crippen molar-refractivity contribution < 1.29 is 28.9 Å². The van der Waals surface area contributed by atoms with Gasteiger partial charge in [-0.1, -0.05) is 6.07 Å². The van der Waals surface area contributed by atoms with Gasteiger partial charge < -0.3 is 19.7 Å². The van der Waals surface area contributed by atoms with Crippen LogP contribution in [-0.2, 0) is 4.74 Å². The number of nitrogens with zero attached hydrogens (tertiary/aromatic N) is 1. The molecule has 35 heavy (non-hydrogen) atoms. The fourth-order valence-corrected chi connectivity index (χ4v) is 4.52. The topological polar surface area (TPSA) is 88.9 Å². The maximum Gasteiger partial charge on any atom is 0.335 e. The van der Waals surface area contributed by atoms with Crippen molar-refractivity contribution in [1.82, 2.24) is 4.98 Å². The van der Waals surface area contributed by atoms with E-state index in [0.717, 1.165) is 35.0 Å². The minimum absolute atomic E-state index is 0.0606. The van der Waals surface area contributed by atoms with E-state index in [1.54, 1.807) is 37.3 Å². The molecular formula is C28H24FNO5. The highest BCUT2D eigenvalue weighted by molar-refractivity contribution is 6.01. The number of ether oxygens (including phenoxy) is 2. The molecule has 0 bridgehead atoms. The van der Waals surface area contributed by atoms with Gasteiger partial charge in [-0.2, -0.15) is 0 Å². The van der Waals surface area contributed by atoms with Crippen LogP contribution in [0.25, 0.3) is 21.9 Å². The number of phenols is 1. The predicted octanol–water partition coefficient (Wildman–Crippen LogP) is 6.44. The van der Waals surface area contributed by atoms with Crippen LogP contribution in [0, 0.1) is 12.7 Å². The summed E-state index contributed by atoms with van der Waals surface area (Å²) in [5, 5.41) is 20.9. The molecule has 0 saturated carbocycles. The number of carboxylic acids is 1. The Kier molecular flexibility index (Phi) is 6.09. The van der Waals surface area contributed by atoms with Crippen molar-refractivity contribution in [3.8, 4) is 28.5 Å². The summed E-state index contributed by atoms with van der Waals surface area (Å²) >= 11 is 0. The van der Waals surface area contributed by atoms with Crippen LogP contribution in [0.2, 0.25) is 0 Å². The molecule has 178 valence electrons. The third kappa shape index (κ3) is 4.55. The van der Waals surface area contributed by atoms with E-state index in [4.69, 9.17) is 14.5 Å². The van der Waals surface area contributed by atoms with Crippen molar-refractivity contribution in [3.63, 3.8) is 0 Å². The molecule has 0 radical (unpaired) electrons. The summed E-state index contributed by atoms with van der Waals surface area (Å²) in [4.78, 5) is 16.2. The first-order valence-electron chi connectivity index (χ1n) is 11.4. The molecule has 1 aliphatic rings. The molecule has 0 atom stereocenters. The maximum atomic E-state index is 14.1. The van der Waals surface area contributed by atoms with Gasteiger partial charge >= 0.3 is 5.97 Å². The number of fused-ring (bicyclic) bond motifs is 1. The minimum atomic E-state index is -1.02. The summed E-state index contributed by atoms with van der Waals surface area (Å²) in [5.74, 6) is -0.394. The van der Waals surface area contributed by atoms with Gasteiger partial charge in [0.2, 0.25) is 5.88 Å². The molecule has 0 amide bonds. The van der Waals surface area contributed by atoms with Crippen LogP contribution in [0.3, 0.4) is 0 Å². The largest absolute Gasteiger partial charge is 0.508 e. The van der Waals surface area contributed by atoms with Gasteiger partial charge in [-0.15, -0.1) is 0 Å². The highest BCUT2D eigenvalue weighted by atomic mass is 19.1. The Balaban J connectivity index is 1.72. The zero-order valence-corrected chi connectivity index (χ0v) is 19.1. The second kappa shape index (κ2) is 9.35. The Morgan fingerprint density at radius 1 is 1.03 bits per heavy atom. The highest BCUT2D eigenvalue weighted by Gasteiger charge is 2.26. The Bertz CT molecular complexity index is 1410. The first-order valence-corrected chi connectivity index (χ1v) is 11.4. The lowest BCUT2D eigenvalue weighted by molar-refractivity contribution is 0.0697. The summed E-state index contributed by atoms with van der Waals surface area (Å²) in [6.07, 6.45) is 1.58.